The van der Waals surface area contributed by atoms with E-state index in [-0.39, 0.29) is 0 Å². The van der Waals surface area contributed by atoms with Gasteiger partial charge in [-0.25, -0.2) is 0 Å². The van der Waals surface area contributed by atoms with Crippen LogP contribution in [0.15, 0.2) is 79.4 Å². The van der Waals surface area contributed by atoms with Gasteiger partial charge in [0.1, 0.15) is 6.11 Å². The average Bonchev–Trinajstić information content (AvgIpc) is 3.15. The second kappa shape index (κ2) is 9.59. The van der Waals surface area contributed by atoms with E-state index in [0.717, 1.165) is 28.2 Å². The number of carbonyl (C=O) groups excluding carboxylic acids is 2. The molecule has 0 atom stereocenters. The van der Waals surface area contributed by atoms with E-state index in [1.54, 1.807) is 61.2 Å². The summed E-state index contributed by atoms with van der Waals surface area (Å²) in [6.45, 7) is 0. The first kappa shape index (κ1) is 20.2. The Hall–Kier alpha value is -5.12. The van der Waals surface area contributed by atoms with Gasteiger partial charge in [-0.1, -0.05) is 29.7 Å². The highest BCUT2D eigenvalue weighted by Crippen LogP contribution is 2.23. The van der Waals surface area contributed by atoms with E-state index in [0.29, 0.717) is 16.9 Å². The number of hydrogen-bond acceptors (Lipinski definition) is 5. The van der Waals surface area contributed by atoms with Crippen molar-refractivity contribution in [2.45, 2.75) is 0 Å². The average molecular weight is 415 g/mol. The number of rotatable bonds is 1. The predicted octanol–water partition coefficient (Wildman–Crippen LogP) is 2.50. The molecule has 0 saturated carbocycles. The van der Waals surface area contributed by atoms with E-state index in [9.17, 15) is 9.59 Å². The molecule has 0 saturated heterocycles. The van der Waals surface area contributed by atoms with E-state index in [1.807, 2.05) is 6.07 Å². The molecule has 4 rings (SSSR count). The molecule has 2 amide bonds. The van der Waals surface area contributed by atoms with Crippen LogP contribution < -0.4 is 4.74 Å². The molecular formula is C26H13N3O3. The lowest BCUT2D eigenvalue weighted by molar-refractivity contribution is -0.132. The summed E-state index contributed by atoms with van der Waals surface area (Å²) in [5.41, 5.74) is 2.67. The Labute approximate surface area is 184 Å². The molecule has 1 aliphatic heterocycles. The summed E-state index contributed by atoms with van der Waals surface area (Å²) in [4.78, 5) is 32.1. The van der Waals surface area contributed by atoms with Gasteiger partial charge in [0.2, 0.25) is 0 Å². The summed E-state index contributed by atoms with van der Waals surface area (Å²) in [6.07, 6.45) is 11.3. The first-order chi connectivity index (χ1) is 15.7. The minimum Gasteiger partial charge on any atom is -0.403 e. The van der Waals surface area contributed by atoms with Crippen molar-refractivity contribution in [1.82, 2.24) is 14.9 Å². The Morgan fingerprint density at radius 2 is 1.19 bits per heavy atom. The number of benzene rings is 1. The Balaban J connectivity index is 1.70. The summed E-state index contributed by atoms with van der Waals surface area (Å²) in [7, 11) is 0. The van der Waals surface area contributed by atoms with Crippen LogP contribution in [-0.2, 0) is 9.59 Å². The van der Waals surface area contributed by atoms with Crippen LogP contribution in [0.3, 0.4) is 0 Å². The molecule has 150 valence electrons. The molecule has 0 radical (unpaired) electrons. The van der Waals surface area contributed by atoms with Crippen LogP contribution in [0.4, 0.5) is 0 Å². The summed E-state index contributed by atoms with van der Waals surface area (Å²) >= 11 is 0. The molecule has 0 N–H and O–H groups in total. The van der Waals surface area contributed by atoms with Gasteiger partial charge in [0.15, 0.2) is 5.75 Å². The van der Waals surface area contributed by atoms with E-state index in [4.69, 9.17) is 4.74 Å². The molecule has 0 fully saturated rings. The monoisotopic (exact) mass is 415 g/mol. The maximum absolute atomic E-state index is 11.7. The number of imide groups is 1. The molecule has 3 heterocycles. The number of pyridine rings is 2. The van der Waals surface area contributed by atoms with Crippen molar-refractivity contribution in [3.8, 4) is 41.6 Å². The topological polar surface area (TPSA) is 72.4 Å². The fourth-order valence-electron chi connectivity index (χ4n) is 2.62. The molecule has 6 heteroatoms. The van der Waals surface area contributed by atoms with Crippen LogP contribution >= 0.6 is 0 Å². The van der Waals surface area contributed by atoms with Gasteiger partial charge in [-0.15, -0.1) is 0 Å². The third-order valence-electron chi connectivity index (χ3n) is 4.18. The molecule has 6 nitrogen and oxygen atoms in total. The second-order valence-corrected chi connectivity index (χ2v) is 6.32. The van der Waals surface area contributed by atoms with Gasteiger partial charge in [-0.2, -0.15) is 4.90 Å². The summed E-state index contributed by atoms with van der Waals surface area (Å²) < 4.78 is 5.64. The maximum Gasteiger partial charge on any atom is 0.265 e. The Morgan fingerprint density at radius 1 is 0.688 bits per heavy atom. The maximum atomic E-state index is 11.7. The fraction of sp³-hybridized carbons (Fsp3) is 0. The van der Waals surface area contributed by atoms with Gasteiger partial charge in [-0.3, -0.25) is 19.6 Å². The van der Waals surface area contributed by atoms with Crippen molar-refractivity contribution in [1.29, 1.82) is 0 Å². The number of ether oxygens (including phenoxy) is 1. The number of aromatic nitrogens is 2. The van der Waals surface area contributed by atoms with Crippen molar-refractivity contribution in [2.75, 3.05) is 0 Å². The number of para-hydroxylation sites is 1. The normalized spacial score (nSPS) is 11.6. The van der Waals surface area contributed by atoms with Crippen LogP contribution in [0, 0.1) is 35.8 Å². The van der Waals surface area contributed by atoms with Crippen LogP contribution in [-0.4, -0.2) is 26.7 Å². The molecule has 0 unspecified atom stereocenters. The lowest BCUT2D eigenvalue weighted by atomic mass is 10.1. The first-order valence-corrected chi connectivity index (χ1v) is 9.41. The zero-order chi connectivity index (χ0) is 22.2. The van der Waals surface area contributed by atoms with Crippen molar-refractivity contribution in [3.63, 3.8) is 0 Å². The highest BCUT2D eigenvalue weighted by molar-refractivity contribution is 6.14. The Morgan fingerprint density at radius 3 is 1.69 bits per heavy atom. The van der Waals surface area contributed by atoms with Crippen molar-refractivity contribution in [2.24, 2.45) is 0 Å². The molecular weight excluding hydrogens is 402 g/mol. The molecule has 0 bridgehead atoms. The number of amides is 2. The van der Waals surface area contributed by atoms with Crippen molar-refractivity contribution >= 4 is 11.8 Å². The van der Waals surface area contributed by atoms with Crippen molar-refractivity contribution in [3.05, 3.63) is 102 Å². The highest BCUT2D eigenvalue weighted by Gasteiger charge is 2.21. The first-order valence-electron chi connectivity index (χ1n) is 9.41. The predicted molar refractivity (Wildman–Crippen MR) is 116 cm³/mol. The number of carbonyl (C=O) groups is 2. The zero-order valence-corrected chi connectivity index (χ0v) is 16.6. The van der Waals surface area contributed by atoms with E-state index in [2.05, 4.69) is 45.8 Å². The van der Waals surface area contributed by atoms with Gasteiger partial charge < -0.3 is 4.74 Å². The number of hydrogen-bond donors (Lipinski definition) is 0. The lowest BCUT2D eigenvalue weighted by Crippen LogP contribution is -2.24. The molecule has 2 aromatic heterocycles. The smallest absolute Gasteiger partial charge is 0.265 e. The van der Waals surface area contributed by atoms with Crippen molar-refractivity contribution < 1.29 is 14.3 Å². The van der Waals surface area contributed by atoms with Crippen LogP contribution in [0.5, 0.6) is 5.75 Å². The van der Waals surface area contributed by atoms with Crippen LogP contribution in [0.2, 0.25) is 0 Å². The summed E-state index contributed by atoms with van der Waals surface area (Å²) in [5, 5.41) is 0. The molecule has 0 spiro atoms. The van der Waals surface area contributed by atoms with Gasteiger partial charge in [0, 0.05) is 48.1 Å². The third kappa shape index (κ3) is 4.89. The summed E-state index contributed by atoms with van der Waals surface area (Å²) in [6, 6.07) is 14.9. The molecule has 1 aliphatic rings. The Kier molecular flexibility index (Phi) is 6.04. The molecule has 0 aliphatic carbocycles. The Bertz CT molecular complexity index is 1300. The van der Waals surface area contributed by atoms with E-state index < -0.39 is 11.8 Å². The van der Waals surface area contributed by atoms with E-state index in [1.165, 1.54) is 0 Å². The minimum absolute atomic E-state index is 0.329. The van der Waals surface area contributed by atoms with Gasteiger partial charge in [-0.05, 0) is 36.4 Å². The zero-order valence-electron chi connectivity index (χ0n) is 16.6. The van der Waals surface area contributed by atoms with Gasteiger partial charge >= 0.3 is 0 Å². The second-order valence-electron chi connectivity index (χ2n) is 6.32. The summed E-state index contributed by atoms with van der Waals surface area (Å²) in [5.74, 6) is 11.5. The SMILES string of the molecule is O=C1C=CC(=O)N1C#COc1c(C#Cc2ccncc2)cccc1C#Cc1ccncc1. The van der Waals surface area contributed by atoms with Gasteiger partial charge in [0.25, 0.3) is 11.8 Å². The van der Waals surface area contributed by atoms with Crippen LogP contribution in [0.1, 0.15) is 22.3 Å². The molecule has 32 heavy (non-hydrogen) atoms. The lowest BCUT2D eigenvalue weighted by Gasteiger charge is -2.05. The highest BCUT2D eigenvalue weighted by atomic mass is 16.5. The fourth-order valence-corrected chi connectivity index (χ4v) is 2.62. The minimum atomic E-state index is -0.519. The third-order valence-corrected chi connectivity index (χ3v) is 4.18. The largest absolute Gasteiger partial charge is 0.403 e. The quantitative estimate of drug-likeness (QED) is 0.451. The standard InChI is InChI=1S/C26H13N3O3/c30-24-8-9-25(31)29(24)18-19-32-26-22(6-4-20-10-14-27-15-11-20)2-1-3-23(26)7-5-21-12-16-28-17-13-21/h1-3,8-17H. The van der Waals surface area contributed by atoms with E-state index >= 15 is 0 Å². The van der Waals surface area contributed by atoms with Gasteiger partial charge in [0.05, 0.1) is 17.2 Å². The van der Waals surface area contributed by atoms with Crippen LogP contribution in [0.25, 0.3) is 0 Å². The molecule has 1 aromatic carbocycles. The molecule has 3 aromatic rings. The number of nitrogens with zero attached hydrogens (tertiary/aromatic N) is 3.